The van der Waals surface area contributed by atoms with Crippen molar-refractivity contribution in [3.05, 3.63) is 64.4 Å². The van der Waals surface area contributed by atoms with Crippen LogP contribution in [0.3, 0.4) is 0 Å². The molecule has 28 heavy (non-hydrogen) atoms. The summed E-state index contributed by atoms with van der Waals surface area (Å²) in [6, 6.07) is 12.9. The first-order valence-corrected chi connectivity index (χ1v) is 8.55. The molecule has 0 aliphatic carbocycles. The molecule has 1 aromatic heterocycles. The van der Waals surface area contributed by atoms with Gasteiger partial charge in [-0.25, -0.2) is 4.79 Å². The molecule has 3 rings (SSSR count). The van der Waals surface area contributed by atoms with E-state index in [9.17, 15) is 14.4 Å². The van der Waals surface area contributed by atoms with Gasteiger partial charge in [0.1, 0.15) is 5.58 Å². The highest BCUT2D eigenvalue weighted by molar-refractivity contribution is 6.36. The number of hydrogen-bond acceptors (Lipinski definition) is 5. The van der Waals surface area contributed by atoms with Gasteiger partial charge in [0.25, 0.3) is 0 Å². The first kappa shape index (κ1) is 19.1. The van der Waals surface area contributed by atoms with Crippen LogP contribution in [0.25, 0.3) is 11.0 Å². The van der Waals surface area contributed by atoms with Crippen LogP contribution in [0.4, 0.5) is 5.69 Å². The van der Waals surface area contributed by atoms with Gasteiger partial charge in [-0.1, -0.05) is 11.6 Å². The van der Waals surface area contributed by atoms with Gasteiger partial charge in [0.15, 0.2) is 5.76 Å². The van der Waals surface area contributed by atoms with E-state index in [1.165, 1.54) is 12.1 Å². The van der Waals surface area contributed by atoms with Crippen molar-refractivity contribution in [2.24, 2.45) is 0 Å². The summed E-state index contributed by atoms with van der Waals surface area (Å²) in [6.45, 7) is 0. The van der Waals surface area contributed by atoms with Crippen LogP contribution in [0.15, 0.2) is 46.9 Å². The van der Waals surface area contributed by atoms with Gasteiger partial charge in [0, 0.05) is 39.7 Å². The largest absolute Gasteiger partial charge is 0.474 e. The lowest BCUT2D eigenvalue weighted by Crippen LogP contribution is -2.21. The lowest BCUT2D eigenvalue weighted by atomic mass is 10.0. The number of nitrogens with one attached hydrogen (secondary N) is 1. The van der Waals surface area contributed by atoms with Crippen LogP contribution in [-0.2, 0) is 16.0 Å². The third-order valence-electron chi connectivity index (χ3n) is 4.04. The van der Waals surface area contributed by atoms with Gasteiger partial charge in [0.05, 0.1) is 6.07 Å². The van der Waals surface area contributed by atoms with Crippen LogP contribution in [0, 0.1) is 11.3 Å². The smallest absolute Gasteiger partial charge is 0.394 e. The van der Waals surface area contributed by atoms with Crippen molar-refractivity contribution in [1.82, 2.24) is 0 Å². The zero-order valence-electron chi connectivity index (χ0n) is 14.4. The summed E-state index contributed by atoms with van der Waals surface area (Å²) in [7, 11) is 0. The minimum Gasteiger partial charge on any atom is -0.474 e. The monoisotopic (exact) mass is 396 g/mol. The molecule has 2 N–H and O–H groups in total. The highest BCUT2D eigenvalue weighted by Gasteiger charge is 2.22. The number of nitriles is 1. The maximum Gasteiger partial charge on any atom is 0.394 e. The topological polar surface area (TPSA) is 120 Å². The molecule has 0 radical (unpaired) electrons. The van der Waals surface area contributed by atoms with E-state index in [0.717, 1.165) is 0 Å². The highest BCUT2D eigenvalue weighted by atomic mass is 35.5. The lowest BCUT2D eigenvalue weighted by molar-refractivity contribution is -0.147. The summed E-state index contributed by atoms with van der Waals surface area (Å²) in [5.74, 6) is -3.08. The quantitative estimate of drug-likeness (QED) is 0.500. The van der Waals surface area contributed by atoms with Crippen LogP contribution >= 0.6 is 11.6 Å². The number of aliphatic carboxylic acids is 1. The number of carboxylic acids is 1. The fraction of sp³-hybridized carbons (Fsp3) is 0.100. The summed E-state index contributed by atoms with van der Waals surface area (Å²) in [6.07, 6.45) is 0.492. The number of rotatable bonds is 5. The molecule has 0 bridgehead atoms. The Balaban J connectivity index is 2.06. The lowest BCUT2D eigenvalue weighted by Gasteiger charge is -2.02. The fourth-order valence-electron chi connectivity index (χ4n) is 2.76. The number of aryl methyl sites for hydroxylation is 1. The number of carboxylic acid groups (broad SMARTS) is 1. The van der Waals surface area contributed by atoms with Crippen molar-refractivity contribution >= 4 is 45.9 Å². The summed E-state index contributed by atoms with van der Waals surface area (Å²) < 4.78 is 5.73. The fourth-order valence-corrected chi connectivity index (χ4v) is 2.88. The van der Waals surface area contributed by atoms with E-state index < -0.39 is 11.9 Å². The van der Waals surface area contributed by atoms with E-state index in [1.54, 1.807) is 30.3 Å². The highest BCUT2D eigenvalue weighted by Crippen LogP contribution is 2.31. The molecule has 3 aromatic rings. The predicted octanol–water partition coefficient (Wildman–Crippen LogP) is 3.80. The standard InChI is InChI=1S/C20H13ClN2O5/c21-12-5-3-11(4-6-12)17(24)18-15(2-1-9-22)14-8-7-13(10-16(14)28-18)23-19(25)20(26)27/h3-8,10H,1-2H2,(H,23,25)(H,26,27). The Hall–Kier alpha value is -3.63. The SMILES string of the molecule is N#CCCc1c(C(=O)c2ccc(Cl)cc2)oc2cc(NC(=O)C(=O)O)ccc12. The predicted molar refractivity (Wildman–Crippen MR) is 101 cm³/mol. The number of halogens is 1. The Morgan fingerprint density at radius 1 is 1.14 bits per heavy atom. The first-order valence-electron chi connectivity index (χ1n) is 8.17. The van der Waals surface area contributed by atoms with Crippen LogP contribution in [0.1, 0.15) is 28.1 Å². The maximum absolute atomic E-state index is 12.9. The Kier molecular flexibility index (Phi) is 5.43. The van der Waals surface area contributed by atoms with E-state index in [0.29, 0.717) is 33.5 Å². The molecule has 0 fully saturated rings. The molecule has 0 atom stereocenters. The molecule has 1 heterocycles. The van der Waals surface area contributed by atoms with Gasteiger partial charge in [0.2, 0.25) is 5.78 Å². The molecule has 0 aliphatic rings. The number of hydrogen-bond donors (Lipinski definition) is 2. The first-order chi connectivity index (χ1) is 13.4. The molecule has 0 saturated carbocycles. The Morgan fingerprint density at radius 2 is 1.86 bits per heavy atom. The van der Waals surface area contributed by atoms with Gasteiger partial charge < -0.3 is 14.8 Å². The van der Waals surface area contributed by atoms with Gasteiger partial charge in [-0.2, -0.15) is 5.26 Å². The molecule has 8 heteroatoms. The average Bonchev–Trinajstić information content (AvgIpc) is 3.04. The average molecular weight is 397 g/mol. The minimum atomic E-state index is -1.62. The van der Waals surface area contributed by atoms with Crippen molar-refractivity contribution in [3.8, 4) is 6.07 Å². The molecule has 140 valence electrons. The van der Waals surface area contributed by atoms with Gasteiger partial charge in [-0.15, -0.1) is 0 Å². The van der Waals surface area contributed by atoms with Crippen molar-refractivity contribution in [3.63, 3.8) is 0 Å². The van der Waals surface area contributed by atoms with E-state index in [2.05, 4.69) is 5.32 Å². The molecular formula is C20H13ClN2O5. The number of benzene rings is 2. The van der Waals surface area contributed by atoms with E-state index in [-0.39, 0.29) is 23.7 Å². The third kappa shape index (κ3) is 3.87. The van der Waals surface area contributed by atoms with Crippen molar-refractivity contribution in [2.75, 3.05) is 5.32 Å². The zero-order chi connectivity index (χ0) is 20.3. The Bertz CT molecular complexity index is 1130. The number of fused-ring (bicyclic) bond motifs is 1. The van der Waals surface area contributed by atoms with Crippen LogP contribution in [0.2, 0.25) is 5.02 Å². The van der Waals surface area contributed by atoms with Crippen molar-refractivity contribution < 1.29 is 23.9 Å². The van der Waals surface area contributed by atoms with E-state index in [4.69, 9.17) is 26.4 Å². The van der Waals surface area contributed by atoms with Crippen LogP contribution < -0.4 is 5.32 Å². The summed E-state index contributed by atoms with van der Waals surface area (Å²) >= 11 is 5.86. The maximum atomic E-state index is 12.9. The van der Waals surface area contributed by atoms with Crippen molar-refractivity contribution in [1.29, 1.82) is 5.26 Å². The number of anilines is 1. The second-order valence-electron chi connectivity index (χ2n) is 5.87. The second kappa shape index (κ2) is 7.94. The summed E-state index contributed by atoms with van der Waals surface area (Å²) in [5, 5.41) is 21.0. The molecule has 0 spiro atoms. The molecule has 0 unspecified atom stereocenters. The van der Waals surface area contributed by atoms with Gasteiger partial charge in [-0.05, 0) is 42.8 Å². The summed E-state index contributed by atoms with van der Waals surface area (Å²) in [4.78, 5) is 34.9. The molecule has 2 aromatic carbocycles. The molecule has 0 saturated heterocycles. The number of furan rings is 1. The van der Waals surface area contributed by atoms with Crippen LogP contribution in [-0.4, -0.2) is 22.8 Å². The number of amides is 1. The van der Waals surface area contributed by atoms with E-state index >= 15 is 0 Å². The number of ketones is 1. The Labute approximate surface area is 164 Å². The molecule has 0 aliphatic heterocycles. The van der Waals surface area contributed by atoms with Crippen molar-refractivity contribution in [2.45, 2.75) is 12.8 Å². The number of nitrogens with zero attached hydrogens (tertiary/aromatic N) is 1. The molecular weight excluding hydrogens is 384 g/mol. The number of carbonyl (C=O) groups is 3. The molecule has 1 amide bonds. The van der Waals surface area contributed by atoms with Crippen LogP contribution in [0.5, 0.6) is 0 Å². The van der Waals surface area contributed by atoms with E-state index in [1.807, 2.05) is 6.07 Å². The number of carbonyl (C=O) groups excluding carboxylic acids is 2. The summed E-state index contributed by atoms with van der Waals surface area (Å²) in [5.41, 5.74) is 1.47. The third-order valence-corrected chi connectivity index (χ3v) is 4.30. The minimum absolute atomic E-state index is 0.0919. The second-order valence-corrected chi connectivity index (χ2v) is 6.31. The van der Waals surface area contributed by atoms with Gasteiger partial charge in [-0.3, -0.25) is 9.59 Å². The Morgan fingerprint density at radius 3 is 2.50 bits per heavy atom. The normalized spacial score (nSPS) is 10.4. The molecule has 7 nitrogen and oxygen atoms in total. The zero-order valence-corrected chi connectivity index (χ0v) is 15.1. The van der Waals surface area contributed by atoms with Gasteiger partial charge >= 0.3 is 11.9 Å².